The minimum atomic E-state index is -3.68. The van der Waals surface area contributed by atoms with Gasteiger partial charge in [0.25, 0.3) is 10.0 Å². The van der Waals surface area contributed by atoms with E-state index in [9.17, 15) is 8.42 Å². The lowest BCUT2D eigenvalue weighted by Crippen LogP contribution is -2.28. The zero-order valence-electron chi connectivity index (χ0n) is 11.7. The normalized spacial score (nSPS) is 13.0. The van der Waals surface area contributed by atoms with E-state index in [0.717, 1.165) is 6.42 Å². The third-order valence-corrected chi connectivity index (χ3v) is 4.73. The Morgan fingerprint density at radius 3 is 2.70 bits per heavy atom. The number of hydrogen-bond acceptors (Lipinski definition) is 3. The number of nitrogens with one attached hydrogen (secondary N) is 1. The van der Waals surface area contributed by atoms with Crippen molar-refractivity contribution >= 4 is 27.3 Å². The van der Waals surface area contributed by atoms with Gasteiger partial charge in [-0.2, -0.15) is 0 Å². The second kappa shape index (κ2) is 5.35. The Morgan fingerprint density at radius 2 is 2.05 bits per heavy atom. The zero-order valence-corrected chi connectivity index (χ0v) is 13.3. The number of nitrogens with zero attached hydrogens (tertiary/aromatic N) is 2. The zero-order chi connectivity index (χ0) is 15.0. The van der Waals surface area contributed by atoms with Gasteiger partial charge in [0.05, 0.1) is 0 Å². The molecule has 2 rings (SSSR count). The lowest BCUT2D eigenvalue weighted by molar-refractivity contribution is 0.378. The van der Waals surface area contributed by atoms with E-state index in [1.54, 1.807) is 24.4 Å². The van der Waals surface area contributed by atoms with Crippen molar-refractivity contribution < 1.29 is 8.42 Å². The highest BCUT2D eigenvalue weighted by Gasteiger charge is 2.24. The molecule has 0 spiro atoms. The second-order valence-corrected chi connectivity index (χ2v) is 7.89. The maximum Gasteiger partial charge on any atom is 0.259 e. The first-order chi connectivity index (χ1) is 9.21. The molecule has 0 atom stereocenters. The molecule has 5 nitrogen and oxygen atoms in total. The number of pyridine rings is 1. The quantitative estimate of drug-likeness (QED) is 0.943. The van der Waals surface area contributed by atoms with Crippen LogP contribution in [-0.4, -0.2) is 24.3 Å². The molecule has 0 saturated carbocycles. The van der Waals surface area contributed by atoms with Gasteiger partial charge < -0.3 is 0 Å². The first kappa shape index (κ1) is 15.3. The van der Waals surface area contributed by atoms with Gasteiger partial charge in [-0.3, -0.25) is 4.40 Å². The highest BCUT2D eigenvalue weighted by atomic mass is 35.5. The predicted octanol–water partition coefficient (Wildman–Crippen LogP) is 2.70. The van der Waals surface area contributed by atoms with E-state index in [2.05, 4.69) is 30.5 Å². The van der Waals surface area contributed by atoms with Gasteiger partial charge in [-0.15, -0.1) is 0 Å². The number of aromatic nitrogens is 2. The van der Waals surface area contributed by atoms with E-state index in [0.29, 0.717) is 12.2 Å². The molecule has 20 heavy (non-hydrogen) atoms. The van der Waals surface area contributed by atoms with E-state index < -0.39 is 10.0 Å². The number of sulfonamides is 1. The molecule has 1 N–H and O–H groups in total. The first-order valence-corrected chi connectivity index (χ1v) is 8.19. The van der Waals surface area contributed by atoms with Gasteiger partial charge in [0.1, 0.15) is 5.65 Å². The Balaban J connectivity index is 2.30. The molecule has 0 amide bonds. The Bertz CT molecular complexity index is 717. The highest BCUT2D eigenvalue weighted by Crippen LogP contribution is 2.23. The summed E-state index contributed by atoms with van der Waals surface area (Å²) in [4.78, 5) is 4.05. The lowest BCUT2D eigenvalue weighted by atomic mass is 9.93. The minimum Gasteiger partial charge on any atom is -0.288 e. The lowest BCUT2D eigenvalue weighted by Gasteiger charge is -2.18. The summed E-state index contributed by atoms with van der Waals surface area (Å²) in [6.07, 6.45) is 2.37. The van der Waals surface area contributed by atoms with Gasteiger partial charge in [-0.1, -0.05) is 38.4 Å². The fraction of sp³-hybridized carbons (Fsp3) is 0.462. The Hall–Kier alpha value is -1.11. The van der Waals surface area contributed by atoms with E-state index >= 15 is 0 Å². The smallest absolute Gasteiger partial charge is 0.259 e. The molecule has 0 aliphatic carbocycles. The van der Waals surface area contributed by atoms with E-state index in [-0.39, 0.29) is 15.6 Å². The molecule has 0 saturated heterocycles. The maximum atomic E-state index is 12.4. The molecule has 110 valence electrons. The van der Waals surface area contributed by atoms with Crippen LogP contribution in [0.4, 0.5) is 0 Å². The second-order valence-electron chi connectivity index (χ2n) is 5.85. The van der Waals surface area contributed by atoms with Crippen LogP contribution in [0.15, 0.2) is 29.4 Å². The van der Waals surface area contributed by atoms with Crippen LogP contribution in [-0.2, 0) is 10.0 Å². The van der Waals surface area contributed by atoms with Crippen molar-refractivity contribution in [3.8, 4) is 0 Å². The van der Waals surface area contributed by atoms with Gasteiger partial charge in [-0.25, -0.2) is 18.1 Å². The van der Waals surface area contributed by atoms with Crippen LogP contribution in [0.5, 0.6) is 0 Å². The predicted molar refractivity (Wildman–Crippen MR) is 79.5 cm³/mol. The minimum absolute atomic E-state index is 0.0105. The van der Waals surface area contributed by atoms with Gasteiger partial charge in [0.2, 0.25) is 0 Å². The molecule has 0 radical (unpaired) electrons. The van der Waals surface area contributed by atoms with Gasteiger partial charge in [0, 0.05) is 12.7 Å². The summed E-state index contributed by atoms with van der Waals surface area (Å²) in [6.45, 7) is 6.54. The number of hydrogen-bond donors (Lipinski definition) is 1. The van der Waals surface area contributed by atoms with E-state index in [1.807, 2.05) is 0 Å². The summed E-state index contributed by atoms with van der Waals surface area (Å²) in [5.74, 6) is 0. The Morgan fingerprint density at radius 1 is 1.35 bits per heavy atom. The van der Waals surface area contributed by atoms with Gasteiger partial charge >= 0.3 is 0 Å². The largest absolute Gasteiger partial charge is 0.288 e. The van der Waals surface area contributed by atoms with Gasteiger partial charge in [0.15, 0.2) is 10.2 Å². The van der Waals surface area contributed by atoms with Crippen LogP contribution in [0.2, 0.25) is 5.15 Å². The van der Waals surface area contributed by atoms with Crippen LogP contribution < -0.4 is 4.72 Å². The van der Waals surface area contributed by atoms with Crippen molar-refractivity contribution in [3.05, 3.63) is 29.5 Å². The average Bonchev–Trinajstić information content (AvgIpc) is 2.63. The summed E-state index contributed by atoms with van der Waals surface area (Å²) >= 11 is 5.97. The van der Waals surface area contributed by atoms with Crippen molar-refractivity contribution in [2.75, 3.05) is 6.54 Å². The molecule has 2 aromatic rings. The molecule has 0 aromatic carbocycles. The topological polar surface area (TPSA) is 63.5 Å². The molecular formula is C13H18ClN3O2S. The fourth-order valence-electron chi connectivity index (χ4n) is 1.81. The monoisotopic (exact) mass is 315 g/mol. The first-order valence-electron chi connectivity index (χ1n) is 6.33. The van der Waals surface area contributed by atoms with Crippen LogP contribution in [0.3, 0.4) is 0 Å². The summed E-state index contributed by atoms with van der Waals surface area (Å²) in [5.41, 5.74) is 0.569. The van der Waals surface area contributed by atoms with E-state index in [4.69, 9.17) is 11.6 Å². The molecule has 2 heterocycles. The molecule has 0 aliphatic heterocycles. The van der Waals surface area contributed by atoms with Crippen molar-refractivity contribution in [1.29, 1.82) is 0 Å². The third kappa shape index (κ3) is 3.31. The SMILES string of the molecule is CC(C)(C)CCNS(=O)(=O)c1c(Cl)nc2ccccn12. The molecule has 0 bridgehead atoms. The molecule has 0 unspecified atom stereocenters. The maximum absolute atomic E-state index is 12.4. The van der Waals surface area contributed by atoms with Crippen molar-refractivity contribution in [1.82, 2.24) is 14.1 Å². The fourth-order valence-corrected chi connectivity index (χ4v) is 3.48. The third-order valence-electron chi connectivity index (χ3n) is 2.87. The Kier molecular flexibility index (Phi) is 4.09. The van der Waals surface area contributed by atoms with Crippen molar-refractivity contribution in [2.45, 2.75) is 32.2 Å². The standard InChI is InChI=1S/C13H18ClN3O2S/c1-13(2,3)7-8-15-20(18,19)12-11(14)16-10-6-4-5-9-17(10)12/h4-6,9,15H,7-8H2,1-3H3. The number of rotatable bonds is 4. The highest BCUT2D eigenvalue weighted by molar-refractivity contribution is 7.89. The summed E-state index contributed by atoms with van der Waals surface area (Å²) < 4.78 is 28.8. The summed E-state index contributed by atoms with van der Waals surface area (Å²) in [6, 6.07) is 5.22. The number of fused-ring (bicyclic) bond motifs is 1. The van der Waals surface area contributed by atoms with Crippen molar-refractivity contribution in [2.24, 2.45) is 5.41 Å². The van der Waals surface area contributed by atoms with Crippen LogP contribution in [0, 0.1) is 5.41 Å². The molecule has 2 aromatic heterocycles. The average molecular weight is 316 g/mol. The number of imidazole rings is 1. The molecular weight excluding hydrogens is 298 g/mol. The summed E-state index contributed by atoms with van der Waals surface area (Å²) in [5, 5.41) is -0.0249. The Labute approximate surface area is 124 Å². The summed E-state index contributed by atoms with van der Waals surface area (Å²) in [7, 11) is -3.68. The van der Waals surface area contributed by atoms with Crippen LogP contribution in [0.25, 0.3) is 5.65 Å². The van der Waals surface area contributed by atoms with Crippen LogP contribution in [0.1, 0.15) is 27.2 Å². The molecule has 7 heteroatoms. The number of halogens is 1. The van der Waals surface area contributed by atoms with Crippen molar-refractivity contribution in [3.63, 3.8) is 0 Å². The van der Waals surface area contributed by atoms with Gasteiger partial charge in [-0.05, 0) is 24.0 Å². The molecule has 0 fully saturated rings. The van der Waals surface area contributed by atoms with E-state index in [1.165, 1.54) is 4.40 Å². The van der Waals surface area contributed by atoms with Crippen LogP contribution >= 0.6 is 11.6 Å². The molecule has 0 aliphatic rings.